The Kier molecular flexibility index (Phi) is 3.41. The fourth-order valence-electron chi connectivity index (χ4n) is 1.99. The molecule has 3 rings (SSSR count). The summed E-state index contributed by atoms with van der Waals surface area (Å²) in [7, 11) is 1.67. The van der Waals surface area contributed by atoms with Crippen molar-refractivity contribution in [2.45, 2.75) is 6.54 Å². The molecule has 2 aromatic heterocycles. The minimum absolute atomic E-state index is 0.637. The van der Waals surface area contributed by atoms with Gasteiger partial charge in [-0.3, -0.25) is 4.98 Å². The minimum atomic E-state index is 0.637. The number of methoxy groups -OCH3 is 1. The Bertz CT molecular complexity index is 730. The number of para-hydroxylation sites is 1. The Morgan fingerprint density at radius 3 is 2.80 bits per heavy atom. The molecule has 100 valence electrons. The Morgan fingerprint density at radius 1 is 1.05 bits per heavy atom. The van der Waals surface area contributed by atoms with E-state index in [1.165, 1.54) is 0 Å². The van der Waals surface area contributed by atoms with Crippen LogP contribution in [0.2, 0.25) is 0 Å². The SMILES string of the molecule is COc1ccccc1CNc1ccc2nccnc2n1. The highest BCUT2D eigenvalue weighted by atomic mass is 16.5. The number of rotatable bonds is 4. The van der Waals surface area contributed by atoms with Crippen molar-refractivity contribution in [2.24, 2.45) is 0 Å². The fraction of sp³-hybridized carbons (Fsp3) is 0.133. The largest absolute Gasteiger partial charge is 0.496 e. The molecule has 2 heterocycles. The van der Waals surface area contributed by atoms with Crippen LogP contribution < -0.4 is 10.1 Å². The molecule has 0 unspecified atom stereocenters. The zero-order valence-electron chi connectivity index (χ0n) is 11.1. The highest BCUT2D eigenvalue weighted by Gasteiger charge is 2.03. The van der Waals surface area contributed by atoms with Crippen LogP contribution in [0.15, 0.2) is 48.8 Å². The lowest BCUT2D eigenvalue weighted by Crippen LogP contribution is -2.03. The minimum Gasteiger partial charge on any atom is -0.496 e. The van der Waals surface area contributed by atoms with E-state index in [1.54, 1.807) is 19.5 Å². The summed E-state index contributed by atoms with van der Waals surface area (Å²) in [6, 6.07) is 11.7. The summed E-state index contributed by atoms with van der Waals surface area (Å²) in [5.41, 5.74) is 2.50. The molecule has 1 aromatic carbocycles. The molecule has 0 aliphatic rings. The van der Waals surface area contributed by atoms with Gasteiger partial charge in [0.1, 0.15) is 17.1 Å². The molecule has 0 aliphatic heterocycles. The summed E-state index contributed by atoms with van der Waals surface area (Å²) < 4.78 is 5.32. The highest BCUT2D eigenvalue weighted by molar-refractivity contribution is 5.71. The van der Waals surface area contributed by atoms with E-state index >= 15 is 0 Å². The molecule has 5 heteroatoms. The maximum Gasteiger partial charge on any atom is 0.180 e. The zero-order valence-corrected chi connectivity index (χ0v) is 11.1. The molecule has 0 aliphatic carbocycles. The summed E-state index contributed by atoms with van der Waals surface area (Å²) in [4.78, 5) is 12.8. The molecule has 5 nitrogen and oxygen atoms in total. The predicted octanol–water partition coefficient (Wildman–Crippen LogP) is 2.65. The van der Waals surface area contributed by atoms with Crippen molar-refractivity contribution in [3.8, 4) is 5.75 Å². The number of hydrogen-bond donors (Lipinski definition) is 1. The summed E-state index contributed by atoms with van der Waals surface area (Å²) in [6.07, 6.45) is 3.30. The monoisotopic (exact) mass is 266 g/mol. The van der Waals surface area contributed by atoms with Crippen LogP contribution in [-0.2, 0) is 6.54 Å². The second-order valence-corrected chi connectivity index (χ2v) is 4.26. The summed E-state index contributed by atoms with van der Waals surface area (Å²) >= 11 is 0. The molecule has 3 aromatic rings. The first-order chi connectivity index (χ1) is 9.86. The number of pyridine rings is 1. The maximum absolute atomic E-state index is 5.32. The van der Waals surface area contributed by atoms with Gasteiger partial charge in [0.25, 0.3) is 0 Å². The number of benzene rings is 1. The Morgan fingerprint density at radius 2 is 1.90 bits per heavy atom. The van der Waals surface area contributed by atoms with Crippen LogP contribution in [0.1, 0.15) is 5.56 Å². The van der Waals surface area contributed by atoms with Crippen LogP contribution in [0.4, 0.5) is 5.82 Å². The van der Waals surface area contributed by atoms with Gasteiger partial charge in [0, 0.05) is 24.5 Å². The first-order valence-corrected chi connectivity index (χ1v) is 6.30. The number of anilines is 1. The normalized spacial score (nSPS) is 10.4. The van der Waals surface area contributed by atoms with E-state index in [0.717, 1.165) is 22.6 Å². The molecular weight excluding hydrogens is 252 g/mol. The third kappa shape index (κ3) is 2.51. The molecule has 0 saturated heterocycles. The number of fused-ring (bicyclic) bond motifs is 1. The number of ether oxygens (including phenoxy) is 1. The van der Waals surface area contributed by atoms with Gasteiger partial charge < -0.3 is 10.1 Å². The lowest BCUT2D eigenvalue weighted by Gasteiger charge is -2.10. The van der Waals surface area contributed by atoms with Crippen LogP contribution in [0.3, 0.4) is 0 Å². The topological polar surface area (TPSA) is 59.9 Å². The maximum atomic E-state index is 5.32. The summed E-state index contributed by atoms with van der Waals surface area (Å²) in [6.45, 7) is 0.642. The van der Waals surface area contributed by atoms with Crippen molar-refractivity contribution in [2.75, 3.05) is 12.4 Å². The number of hydrogen-bond acceptors (Lipinski definition) is 5. The van der Waals surface area contributed by atoms with Gasteiger partial charge in [-0.15, -0.1) is 0 Å². The van der Waals surface area contributed by atoms with E-state index in [0.29, 0.717) is 12.2 Å². The van der Waals surface area contributed by atoms with Crippen molar-refractivity contribution in [1.29, 1.82) is 0 Å². The lowest BCUT2D eigenvalue weighted by molar-refractivity contribution is 0.410. The van der Waals surface area contributed by atoms with Crippen LogP contribution in [0, 0.1) is 0 Å². The molecule has 20 heavy (non-hydrogen) atoms. The first kappa shape index (κ1) is 12.3. The molecule has 0 fully saturated rings. The smallest absolute Gasteiger partial charge is 0.180 e. The quantitative estimate of drug-likeness (QED) is 0.786. The molecule has 0 amide bonds. The van der Waals surface area contributed by atoms with Gasteiger partial charge in [0.05, 0.1) is 7.11 Å². The van der Waals surface area contributed by atoms with Gasteiger partial charge in [-0.1, -0.05) is 18.2 Å². The fourth-order valence-corrected chi connectivity index (χ4v) is 1.99. The number of aromatic nitrogens is 3. The van der Waals surface area contributed by atoms with E-state index in [2.05, 4.69) is 20.3 Å². The molecule has 0 radical (unpaired) electrons. The third-order valence-corrected chi connectivity index (χ3v) is 2.98. The summed E-state index contributed by atoms with van der Waals surface area (Å²) in [5.74, 6) is 1.63. The number of nitrogens with one attached hydrogen (secondary N) is 1. The predicted molar refractivity (Wildman–Crippen MR) is 77.7 cm³/mol. The van der Waals surface area contributed by atoms with E-state index in [-0.39, 0.29) is 0 Å². The standard InChI is InChI=1S/C15H14N4O/c1-20-13-5-3-2-4-11(13)10-18-14-7-6-12-15(19-14)17-9-8-16-12/h2-9H,10H2,1H3,(H,17,18,19). The average molecular weight is 266 g/mol. The van der Waals surface area contributed by atoms with Crippen molar-refractivity contribution in [1.82, 2.24) is 15.0 Å². The Balaban J connectivity index is 1.79. The van der Waals surface area contributed by atoms with E-state index < -0.39 is 0 Å². The molecule has 0 atom stereocenters. The van der Waals surface area contributed by atoms with Crippen LogP contribution in [0.25, 0.3) is 11.2 Å². The molecule has 0 saturated carbocycles. The van der Waals surface area contributed by atoms with Crippen LogP contribution in [-0.4, -0.2) is 22.1 Å². The van der Waals surface area contributed by atoms with Gasteiger partial charge in [0.15, 0.2) is 5.65 Å². The van der Waals surface area contributed by atoms with Crippen molar-refractivity contribution < 1.29 is 4.74 Å². The Hall–Kier alpha value is -2.69. The van der Waals surface area contributed by atoms with Crippen molar-refractivity contribution >= 4 is 17.0 Å². The van der Waals surface area contributed by atoms with Crippen LogP contribution in [0.5, 0.6) is 5.75 Å². The third-order valence-electron chi connectivity index (χ3n) is 2.98. The van der Waals surface area contributed by atoms with Gasteiger partial charge in [0.2, 0.25) is 0 Å². The van der Waals surface area contributed by atoms with Crippen LogP contribution >= 0.6 is 0 Å². The summed E-state index contributed by atoms with van der Waals surface area (Å²) in [5, 5.41) is 3.27. The van der Waals surface area contributed by atoms with Crippen molar-refractivity contribution in [3.63, 3.8) is 0 Å². The zero-order chi connectivity index (χ0) is 13.8. The van der Waals surface area contributed by atoms with Gasteiger partial charge in [-0.05, 0) is 18.2 Å². The molecular formula is C15H14N4O. The van der Waals surface area contributed by atoms with Gasteiger partial charge in [-0.2, -0.15) is 0 Å². The lowest BCUT2D eigenvalue weighted by atomic mass is 10.2. The van der Waals surface area contributed by atoms with E-state index in [4.69, 9.17) is 4.74 Å². The molecule has 1 N–H and O–H groups in total. The van der Waals surface area contributed by atoms with E-state index in [9.17, 15) is 0 Å². The number of nitrogens with zero attached hydrogens (tertiary/aromatic N) is 3. The average Bonchev–Trinajstić information content (AvgIpc) is 2.53. The second-order valence-electron chi connectivity index (χ2n) is 4.26. The highest BCUT2D eigenvalue weighted by Crippen LogP contribution is 2.19. The molecule has 0 spiro atoms. The molecule has 0 bridgehead atoms. The van der Waals surface area contributed by atoms with Gasteiger partial charge in [-0.25, -0.2) is 9.97 Å². The van der Waals surface area contributed by atoms with Gasteiger partial charge >= 0.3 is 0 Å². The van der Waals surface area contributed by atoms with E-state index in [1.807, 2.05) is 36.4 Å². The second kappa shape index (κ2) is 5.52. The first-order valence-electron chi connectivity index (χ1n) is 6.30. The van der Waals surface area contributed by atoms with Crippen molar-refractivity contribution in [3.05, 3.63) is 54.4 Å². The Labute approximate surface area is 116 Å².